The van der Waals surface area contributed by atoms with E-state index in [1.807, 2.05) is 30.3 Å². The van der Waals surface area contributed by atoms with E-state index >= 15 is 0 Å². The van der Waals surface area contributed by atoms with E-state index in [0.717, 1.165) is 18.4 Å². The second kappa shape index (κ2) is 5.26. The first-order valence-electron chi connectivity index (χ1n) is 6.10. The van der Waals surface area contributed by atoms with Crippen LogP contribution in [0.5, 0.6) is 0 Å². The zero-order valence-electron chi connectivity index (χ0n) is 9.56. The van der Waals surface area contributed by atoms with Crippen molar-refractivity contribution >= 4 is 5.78 Å². The van der Waals surface area contributed by atoms with Crippen molar-refractivity contribution in [3.8, 4) is 0 Å². The molecule has 0 radical (unpaired) electrons. The van der Waals surface area contributed by atoms with Gasteiger partial charge in [-0.1, -0.05) is 43.2 Å². The Morgan fingerprint density at radius 3 is 2.50 bits per heavy atom. The summed E-state index contributed by atoms with van der Waals surface area (Å²) in [6.45, 7) is 0. The topological polar surface area (TPSA) is 43.1 Å². The van der Waals surface area contributed by atoms with E-state index in [-0.39, 0.29) is 12.0 Å². The van der Waals surface area contributed by atoms with Crippen LogP contribution >= 0.6 is 0 Å². The summed E-state index contributed by atoms with van der Waals surface area (Å²) in [6, 6.07) is 9.76. The summed E-state index contributed by atoms with van der Waals surface area (Å²) in [4.78, 5) is 11.9. The highest BCUT2D eigenvalue weighted by Crippen LogP contribution is 2.28. The molecule has 0 amide bonds. The zero-order chi connectivity index (χ0) is 11.4. The summed E-state index contributed by atoms with van der Waals surface area (Å²) in [5.74, 6) is 0.642. The summed E-state index contributed by atoms with van der Waals surface area (Å²) in [7, 11) is 0. The third-order valence-corrected chi connectivity index (χ3v) is 3.46. The van der Waals surface area contributed by atoms with Crippen LogP contribution in [0, 0.1) is 5.92 Å². The first-order chi connectivity index (χ1) is 7.77. The van der Waals surface area contributed by atoms with Gasteiger partial charge in [-0.3, -0.25) is 4.79 Å². The van der Waals surface area contributed by atoms with Gasteiger partial charge in [0.05, 0.1) is 0 Å². The lowest BCUT2D eigenvalue weighted by molar-refractivity contribution is -0.123. The molecule has 1 atom stereocenters. The summed E-state index contributed by atoms with van der Waals surface area (Å²) in [5.41, 5.74) is 7.11. The fourth-order valence-corrected chi connectivity index (χ4v) is 2.45. The molecule has 0 heterocycles. The van der Waals surface area contributed by atoms with Gasteiger partial charge in [-0.15, -0.1) is 0 Å². The van der Waals surface area contributed by atoms with E-state index in [1.54, 1.807) is 0 Å². The Bertz CT molecular complexity index is 341. The highest BCUT2D eigenvalue weighted by atomic mass is 16.1. The Hall–Kier alpha value is -1.15. The standard InChI is InChI=1S/C14H19NO/c15-13(11-6-2-1-3-7-11)10-14(16)12-8-4-5-9-12/h1-3,6-7,12-13H,4-5,8-10,15H2. The largest absolute Gasteiger partial charge is 0.324 e. The van der Waals surface area contributed by atoms with Crippen molar-refractivity contribution in [2.45, 2.75) is 38.1 Å². The number of hydrogen-bond donors (Lipinski definition) is 1. The minimum atomic E-state index is -0.130. The molecule has 1 aliphatic carbocycles. The Kier molecular flexibility index (Phi) is 3.73. The minimum Gasteiger partial charge on any atom is -0.324 e. The third kappa shape index (κ3) is 2.70. The molecule has 2 rings (SSSR count). The maximum absolute atomic E-state index is 11.9. The van der Waals surface area contributed by atoms with Gasteiger partial charge in [-0.2, -0.15) is 0 Å². The molecule has 1 aliphatic rings. The monoisotopic (exact) mass is 217 g/mol. The van der Waals surface area contributed by atoms with Crippen LogP contribution in [-0.2, 0) is 4.79 Å². The van der Waals surface area contributed by atoms with E-state index in [4.69, 9.17) is 5.73 Å². The van der Waals surface area contributed by atoms with Crippen molar-refractivity contribution in [2.75, 3.05) is 0 Å². The first kappa shape index (κ1) is 11.3. The number of carbonyl (C=O) groups excluding carboxylic acids is 1. The van der Waals surface area contributed by atoms with Crippen molar-refractivity contribution in [2.24, 2.45) is 11.7 Å². The average Bonchev–Trinajstić information content (AvgIpc) is 2.83. The molecule has 2 N–H and O–H groups in total. The van der Waals surface area contributed by atoms with Gasteiger partial charge in [0.25, 0.3) is 0 Å². The second-order valence-electron chi connectivity index (χ2n) is 4.67. The zero-order valence-corrected chi connectivity index (χ0v) is 9.56. The molecule has 1 fully saturated rings. The van der Waals surface area contributed by atoms with Crippen molar-refractivity contribution < 1.29 is 4.79 Å². The van der Waals surface area contributed by atoms with Crippen molar-refractivity contribution in [3.05, 3.63) is 35.9 Å². The lowest BCUT2D eigenvalue weighted by Gasteiger charge is -2.14. The number of Topliss-reactive ketones (excluding diaryl/α,β-unsaturated/α-hetero) is 1. The molecule has 1 aromatic rings. The Morgan fingerprint density at radius 1 is 1.25 bits per heavy atom. The number of nitrogens with two attached hydrogens (primary N) is 1. The molecule has 0 bridgehead atoms. The van der Waals surface area contributed by atoms with Gasteiger partial charge in [0.1, 0.15) is 5.78 Å². The van der Waals surface area contributed by atoms with Crippen LogP contribution in [-0.4, -0.2) is 5.78 Å². The van der Waals surface area contributed by atoms with Crippen LogP contribution < -0.4 is 5.73 Å². The molecular weight excluding hydrogens is 198 g/mol. The molecular formula is C14H19NO. The molecule has 2 nitrogen and oxygen atoms in total. The first-order valence-corrected chi connectivity index (χ1v) is 6.10. The smallest absolute Gasteiger partial charge is 0.137 e. The molecule has 0 saturated heterocycles. The fraction of sp³-hybridized carbons (Fsp3) is 0.500. The maximum Gasteiger partial charge on any atom is 0.137 e. The van der Waals surface area contributed by atoms with Crippen LogP contribution in [0.3, 0.4) is 0 Å². The van der Waals surface area contributed by atoms with Gasteiger partial charge < -0.3 is 5.73 Å². The molecule has 0 aliphatic heterocycles. The van der Waals surface area contributed by atoms with Gasteiger partial charge in [-0.25, -0.2) is 0 Å². The van der Waals surface area contributed by atoms with E-state index in [9.17, 15) is 4.79 Å². The predicted octanol–water partition coefficient (Wildman–Crippen LogP) is 2.84. The van der Waals surface area contributed by atoms with Crippen molar-refractivity contribution in [1.82, 2.24) is 0 Å². The second-order valence-corrected chi connectivity index (χ2v) is 4.67. The lowest BCUT2D eigenvalue weighted by Crippen LogP contribution is -2.19. The maximum atomic E-state index is 11.9. The van der Waals surface area contributed by atoms with Gasteiger partial charge in [0.2, 0.25) is 0 Å². The predicted molar refractivity (Wildman–Crippen MR) is 65.0 cm³/mol. The SMILES string of the molecule is NC(CC(=O)C1CCCC1)c1ccccc1. The Morgan fingerprint density at radius 2 is 1.88 bits per heavy atom. The van der Waals surface area contributed by atoms with Crippen LogP contribution in [0.15, 0.2) is 30.3 Å². The van der Waals surface area contributed by atoms with Gasteiger partial charge in [-0.05, 0) is 18.4 Å². The number of hydrogen-bond acceptors (Lipinski definition) is 2. The van der Waals surface area contributed by atoms with Crippen LogP contribution in [0.1, 0.15) is 43.7 Å². The number of benzene rings is 1. The van der Waals surface area contributed by atoms with Gasteiger partial charge in [0, 0.05) is 18.4 Å². The molecule has 0 aromatic heterocycles. The highest BCUT2D eigenvalue weighted by Gasteiger charge is 2.24. The number of carbonyl (C=O) groups is 1. The van der Waals surface area contributed by atoms with E-state index in [0.29, 0.717) is 12.2 Å². The summed E-state index contributed by atoms with van der Waals surface area (Å²) in [5, 5.41) is 0. The van der Waals surface area contributed by atoms with Crippen molar-refractivity contribution in [3.63, 3.8) is 0 Å². The normalized spacial score (nSPS) is 18.6. The molecule has 1 saturated carbocycles. The molecule has 0 spiro atoms. The average molecular weight is 217 g/mol. The summed E-state index contributed by atoms with van der Waals surface area (Å²) in [6.07, 6.45) is 5.04. The van der Waals surface area contributed by atoms with E-state index < -0.39 is 0 Å². The molecule has 1 unspecified atom stereocenters. The Labute approximate surface area is 96.8 Å². The highest BCUT2D eigenvalue weighted by molar-refractivity contribution is 5.81. The van der Waals surface area contributed by atoms with Gasteiger partial charge >= 0.3 is 0 Å². The molecule has 2 heteroatoms. The van der Waals surface area contributed by atoms with Crippen LogP contribution in [0.4, 0.5) is 0 Å². The summed E-state index contributed by atoms with van der Waals surface area (Å²) >= 11 is 0. The Balaban J connectivity index is 1.92. The number of ketones is 1. The van der Waals surface area contributed by atoms with Crippen LogP contribution in [0.25, 0.3) is 0 Å². The lowest BCUT2D eigenvalue weighted by atomic mass is 9.94. The number of rotatable bonds is 4. The minimum absolute atomic E-state index is 0.130. The van der Waals surface area contributed by atoms with Crippen LogP contribution in [0.2, 0.25) is 0 Å². The molecule has 86 valence electrons. The van der Waals surface area contributed by atoms with E-state index in [2.05, 4.69) is 0 Å². The van der Waals surface area contributed by atoms with Crippen molar-refractivity contribution in [1.29, 1.82) is 0 Å². The third-order valence-electron chi connectivity index (χ3n) is 3.46. The molecule has 16 heavy (non-hydrogen) atoms. The van der Waals surface area contributed by atoms with Gasteiger partial charge in [0.15, 0.2) is 0 Å². The quantitative estimate of drug-likeness (QED) is 0.842. The summed E-state index contributed by atoms with van der Waals surface area (Å²) < 4.78 is 0. The molecule has 1 aromatic carbocycles. The fourth-order valence-electron chi connectivity index (χ4n) is 2.45. The van der Waals surface area contributed by atoms with E-state index in [1.165, 1.54) is 12.8 Å².